The molecule has 0 aromatic rings. The summed E-state index contributed by atoms with van der Waals surface area (Å²) in [5.74, 6) is 0. The quantitative estimate of drug-likeness (QED) is 0.477. The van der Waals surface area contributed by atoms with Crippen LogP contribution in [0.1, 0.15) is 6.42 Å². The molecular formula is C7H14O5. The first-order chi connectivity index (χ1) is 5.69. The highest BCUT2D eigenvalue weighted by molar-refractivity contribution is 4.80. The van der Waals surface area contributed by atoms with Crippen molar-refractivity contribution >= 4 is 0 Å². The molecule has 0 spiro atoms. The first-order valence-electron chi connectivity index (χ1n) is 3.84. The molecule has 0 bridgehead atoms. The molecule has 3 N–H and O–H groups in total. The first-order valence-corrected chi connectivity index (χ1v) is 3.84. The van der Waals surface area contributed by atoms with Gasteiger partial charge in [-0.2, -0.15) is 0 Å². The van der Waals surface area contributed by atoms with Crippen LogP contribution in [-0.2, 0) is 9.47 Å². The highest BCUT2D eigenvalue weighted by atomic mass is 16.7. The third kappa shape index (κ3) is 1.94. The van der Waals surface area contributed by atoms with Gasteiger partial charge < -0.3 is 24.8 Å². The van der Waals surface area contributed by atoms with Gasteiger partial charge in [-0.1, -0.05) is 0 Å². The van der Waals surface area contributed by atoms with E-state index in [4.69, 9.17) is 14.6 Å². The molecule has 0 saturated carbocycles. The van der Waals surface area contributed by atoms with Crippen LogP contribution in [0, 0.1) is 0 Å². The topological polar surface area (TPSA) is 79.2 Å². The number of aliphatic hydroxyl groups excluding tert-OH is 3. The summed E-state index contributed by atoms with van der Waals surface area (Å²) in [5.41, 5.74) is 0. The summed E-state index contributed by atoms with van der Waals surface area (Å²) in [6, 6.07) is 0. The SMILES string of the molecule is CO[C@@H]1O[C@H](CO)CC(O)[C@H]1O. The molecule has 0 radical (unpaired) electrons. The van der Waals surface area contributed by atoms with Gasteiger partial charge in [-0.05, 0) is 0 Å². The van der Waals surface area contributed by atoms with E-state index in [0.29, 0.717) is 0 Å². The van der Waals surface area contributed by atoms with E-state index >= 15 is 0 Å². The molecule has 1 saturated heterocycles. The molecule has 1 rings (SSSR count). The average Bonchev–Trinajstić information content (AvgIpc) is 2.09. The van der Waals surface area contributed by atoms with Gasteiger partial charge in [-0.25, -0.2) is 0 Å². The van der Waals surface area contributed by atoms with Crippen LogP contribution in [0.15, 0.2) is 0 Å². The number of rotatable bonds is 2. The highest BCUT2D eigenvalue weighted by Crippen LogP contribution is 2.20. The average molecular weight is 178 g/mol. The van der Waals surface area contributed by atoms with Crippen LogP contribution in [0.3, 0.4) is 0 Å². The molecule has 5 heteroatoms. The number of hydrogen-bond acceptors (Lipinski definition) is 5. The van der Waals surface area contributed by atoms with E-state index in [1.54, 1.807) is 0 Å². The Labute approximate surface area is 70.5 Å². The molecule has 1 unspecified atom stereocenters. The van der Waals surface area contributed by atoms with Crippen molar-refractivity contribution in [2.24, 2.45) is 0 Å². The van der Waals surface area contributed by atoms with Crippen molar-refractivity contribution in [1.29, 1.82) is 0 Å². The van der Waals surface area contributed by atoms with Crippen molar-refractivity contribution in [2.45, 2.75) is 31.0 Å². The third-order valence-electron chi connectivity index (χ3n) is 1.94. The molecule has 1 aliphatic heterocycles. The summed E-state index contributed by atoms with van der Waals surface area (Å²) in [6.45, 7) is -0.177. The van der Waals surface area contributed by atoms with Gasteiger partial charge in [0.15, 0.2) is 6.29 Å². The molecule has 1 aliphatic rings. The maximum Gasteiger partial charge on any atom is 0.186 e. The second-order valence-corrected chi connectivity index (χ2v) is 2.84. The molecule has 12 heavy (non-hydrogen) atoms. The van der Waals surface area contributed by atoms with Crippen LogP contribution in [0.5, 0.6) is 0 Å². The van der Waals surface area contributed by atoms with Gasteiger partial charge in [0.05, 0.1) is 18.8 Å². The fraction of sp³-hybridized carbons (Fsp3) is 1.00. The van der Waals surface area contributed by atoms with Gasteiger partial charge in [0, 0.05) is 13.5 Å². The van der Waals surface area contributed by atoms with Gasteiger partial charge in [0.25, 0.3) is 0 Å². The lowest BCUT2D eigenvalue weighted by molar-refractivity contribution is -0.262. The molecule has 1 heterocycles. The van der Waals surface area contributed by atoms with E-state index in [-0.39, 0.29) is 13.0 Å². The van der Waals surface area contributed by atoms with Crippen molar-refractivity contribution in [3.8, 4) is 0 Å². The lowest BCUT2D eigenvalue weighted by Crippen LogP contribution is -2.49. The van der Waals surface area contributed by atoms with Crippen molar-refractivity contribution in [3.05, 3.63) is 0 Å². The second kappa shape index (κ2) is 4.15. The molecule has 0 aromatic carbocycles. The van der Waals surface area contributed by atoms with Crippen molar-refractivity contribution in [1.82, 2.24) is 0 Å². The number of ether oxygens (including phenoxy) is 2. The fourth-order valence-electron chi connectivity index (χ4n) is 1.23. The van der Waals surface area contributed by atoms with Gasteiger partial charge >= 0.3 is 0 Å². The van der Waals surface area contributed by atoms with Crippen LogP contribution < -0.4 is 0 Å². The largest absolute Gasteiger partial charge is 0.394 e. The van der Waals surface area contributed by atoms with E-state index in [2.05, 4.69) is 0 Å². The zero-order chi connectivity index (χ0) is 9.14. The zero-order valence-electron chi connectivity index (χ0n) is 6.88. The fourth-order valence-corrected chi connectivity index (χ4v) is 1.23. The van der Waals surface area contributed by atoms with Crippen LogP contribution in [-0.4, -0.2) is 53.6 Å². The molecule has 1 fully saturated rings. The monoisotopic (exact) mass is 178 g/mol. The summed E-state index contributed by atoms with van der Waals surface area (Å²) in [6.07, 6.45) is -2.98. The summed E-state index contributed by atoms with van der Waals surface area (Å²) in [5, 5.41) is 27.3. The normalized spacial score (nSPS) is 43.0. The standard InChI is InChI=1S/C7H14O5/c1-11-7-6(10)5(9)2-4(3-8)12-7/h4-10H,2-3H2,1H3/t4-,5?,6+,7+/m0/s1. The Morgan fingerprint density at radius 3 is 2.67 bits per heavy atom. The van der Waals surface area contributed by atoms with Crippen molar-refractivity contribution < 1.29 is 24.8 Å². The number of aliphatic hydroxyl groups is 3. The minimum atomic E-state index is -1.03. The van der Waals surface area contributed by atoms with E-state index in [0.717, 1.165) is 0 Å². The summed E-state index contributed by atoms with van der Waals surface area (Å²) < 4.78 is 9.85. The Bertz CT molecular complexity index is 140. The minimum absolute atomic E-state index is 0.177. The van der Waals surface area contributed by atoms with Gasteiger partial charge in [0.1, 0.15) is 6.10 Å². The van der Waals surface area contributed by atoms with Crippen LogP contribution in [0.2, 0.25) is 0 Å². The van der Waals surface area contributed by atoms with E-state index in [9.17, 15) is 10.2 Å². The highest BCUT2D eigenvalue weighted by Gasteiger charge is 2.36. The lowest BCUT2D eigenvalue weighted by Gasteiger charge is -2.35. The summed E-state index contributed by atoms with van der Waals surface area (Å²) in [4.78, 5) is 0. The predicted molar refractivity (Wildman–Crippen MR) is 39.4 cm³/mol. The smallest absolute Gasteiger partial charge is 0.186 e. The molecular weight excluding hydrogens is 164 g/mol. The molecule has 4 atom stereocenters. The van der Waals surface area contributed by atoms with E-state index < -0.39 is 24.6 Å². The Kier molecular flexibility index (Phi) is 3.42. The third-order valence-corrected chi connectivity index (χ3v) is 1.94. The Morgan fingerprint density at radius 1 is 1.50 bits per heavy atom. The van der Waals surface area contributed by atoms with Crippen LogP contribution in [0.4, 0.5) is 0 Å². The van der Waals surface area contributed by atoms with Crippen LogP contribution >= 0.6 is 0 Å². The first kappa shape index (κ1) is 9.88. The maximum absolute atomic E-state index is 9.27. The van der Waals surface area contributed by atoms with Crippen LogP contribution in [0.25, 0.3) is 0 Å². The Balaban J connectivity index is 2.52. The number of hydrogen-bond donors (Lipinski definition) is 3. The van der Waals surface area contributed by atoms with Gasteiger partial charge in [-0.15, -0.1) is 0 Å². The van der Waals surface area contributed by atoms with E-state index in [1.165, 1.54) is 7.11 Å². The zero-order valence-corrected chi connectivity index (χ0v) is 6.88. The molecule has 0 aliphatic carbocycles. The minimum Gasteiger partial charge on any atom is -0.394 e. The molecule has 0 amide bonds. The lowest BCUT2D eigenvalue weighted by atomic mass is 10.0. The molecule has 0 aromatic heterocycles. The van der Waals surface area contributed by atoms with E-state index in [1.807, 2.05) is 0 Å². The van der Waals surface area contributed by atoms with Gasteiger partial charge in [0.2, 0.25) is 0 Å². The summed E-state index contributed by atoms with van der Waals surface area (Å²) >= 11 is 0. The Hall–Kier alpha value is -0.200. The van der Waals surface area contributed by atoms with Crippen molar-refractivity contribution in [3.63, 3.8) is 0 Å². The van der Waals surface area contributed by atoms with Gasteiger partial charge in [-0.3, -0.25) is 0 Å². The molecule has 5 nitrogen and oxygen atoms in total. The number of methoxy groups -OCH3 is 1. The van der Waals surface area contributed by atoms with Crippen molar-refractivity contribution in [2.75, 3.05) is 13.7 Å². The molecule has 72 valence electrons. The second-order valence-electron chi connectivity index (χ2n) is 2.84. The maximum atomic E-state index is 9.27. The predicted octanol–water partition coefficient (Wildman–Crippen LogP) is -1.54. The Morgan fingerprint density at radius 2 is 2.17 bits per heavy atom. The summed E-state index contributed by atoms with van der Waals surface area (Å²) in [7, 11) is 1.38.